The Morgan fingerprint density at radius 3 is 2.70 bits per heavy atom. The van der Waals surface area contributed by atoms with Crippen LogP contribution in [0.1, 0.15) is 12.0 Å². The van der Waals surface area contributed by atoms with Crippen LogP contribution in [0.25, 0.3) is 11.3 Å². The van der Waals surface area contributed by atoms with Crippen LogP contribution in [-0.2, 0) is 0 Å². The number of nitrogens with zero attached hydrogens (tertiary/aromatic N) is 4. The molecule has 0 saturated carbocycles. The van der Waals surface area contributed by atoms with Crippen LogP contribution >= 0.6 is 15.9 Å². The van der Waals surface area contributed by atoms with Crippen LogP contribution < -0.4 is 4.90 Å². The van der Waals surface area contributed by atoms with Crippen LogP contribution in [0.4, 0.5) is 5.82 Å². The summed E-state index contributed by atoms with van der Waals surface area (Å²) in [5.74, 6) is 0.775. The maximum Gasteiger partial charge on any atom is 0.151 e. The van der Waals surface area contributed by atoms with Crippen LogP contribution in [0, 0.1) is 18.3 Å². The summed E-state index contributed by atoms with van der Waals surface area (Å²) in [4.78, 5) is 1.92. The molecule has 1 heterocycles. The number of anilines is 1. The van der Waals surface area contributed by atoms with Crippen LogP contribution in [0.2, 0.25) is 0 Å². The van der Waals surface area contributed by atoms with Crippen molar-refractivity contribution in [1.82, 2.24) is 10.2 Å². The molecule has 0 amide bonds. The van der Waals surface area contributed by atoms with Crippen molar-refractivity contribution >= 4 is 21.7 Å². The predicted molar refractivity (Wildman–Crippen MR) is 83.4 cm³/mol. The molecule has 102 valence electrons. The highest BCUT2D eigenvalue weighted by Gasteiger charge is 2.07. The Kier molecular flexibility index (Phi) is 4.70. The minimum Gasteiger partial charge on any atom is -0.357 e. The zero-order valence-electron chi connectivity index (χ0n) is 11.5. The van der Waals surface area contributed by atoms with Gasteiger partial charge in [-0.1, -0.05) is 22.0 Å². The average molecular weight is 331 g/mol. The number of hydrogen-bond acceptors (Lipinski definition) is 4. The molecule has 5 heteroatoms. The lowest BCUT2D eigenvalue weighted by Crippen LogP contribution is -2.19. The van der Waals surface area contributed by atoms with Gasteiger partial charge in [0.1, 0.15) is 0 Å². The topological polar surface area (TPSA) is 52.8 Å². The first-order chi connectivity index (χ1) is 9.61. The molecule has 0 aliphatic rings. The first-order valence-corrected chi connectivity index (χ1v) is 7.09. The van der Waals surface area contributed by atoms with Gasteiger partial charge in [-0.3, -0.25) is 0 Å². The summed E-state index contributed by atoms with van der Waals surface area (Å²) in [5.41, 5.74) is 3.08. The standard InChI is InChI=1S/C15H15BrN4/c1-11-4-5-12(16)10-13(11)14-6-7-15(19-18-14)20(2)9-3-8-17/h4-7,10H,3,9H2,1-2H3. The lowest BCUT2D eigenvalue weighted by atomic mass is 10.1. The van der Waals surface area contributed by atoms with Crippen molar-refractivity contribution in [2.24, 2.45) is 0 Å². The van der Waals surface area contributed by atoms with Crippen molar-refractivity contribution in [3.05, 3.63) is 40.4 Å². The van der Waals surface area contributed by atoms with Crippen molar-refractivity contribution in [2.45, 2.75) is 13.3 Å². The van der Waals surface area contributed by atoms with Gasteiger partial charge in [-0.15, -0.1) is 10.2 Å². The predicted octanol–water partition coefficient (Wildman–Crippen LogP) is 3.56. The number of benzene rings is 1. The Hall–Kier alpha value is -1.93. The summed E-state index contributed by atoms with van der Waals surface area (Å²) in [6, 6.07) is 12.1. The number of aromatic nitrogens is 2. The molecule has 0 N–H and O–H groups in total. The summed E-state index contributed by atoms with van der Waals surface area (Å²) in [7, 11) is 1.91. The molecule has 0 unspecified atom stereocenters. The van der Waals surface area contributed by atoms with Crippen molar-refractivity contribution in [1.29, 1.82) is 5.26 Å². The Morgan fingerprint density at radius 2 is 2.05 bits per heavy atom. The quantitative estimate of drug-likeness (QED) is 0.859. The van der Waals surface area contributed by atoms with Crippen molar-refractivity contribution in [3.63, 3.8) is 0 Å². The zero-order chi connectivity index (χ0) is 14.5. The van der Waals surface area contributed by atoms with E-state index in [-0.39, 0.29) is 0 Å². The third-order valence-corrected chi connectivity index (χ3v) is 3.57. The molecule has 1 aromatic carbocycles. The summed E-state index contributed by atoms with van der Waals surface area (Å²) in [6.45, 7) is 2.71. The fourth-order valence-corrected chi connectivity index (χ4v) is 2.24. The van der Waals surface area contributed by atoms with E-state index < -0.39 is 0 Å². The van der Waals surface area contributed by atoms with Gasteiger partial charge < -0.3 is 4.90 Å². The SMILES string of the molecule is Cc1ccc(Br)cc1-c1ccc(N(C)CCC#N)nn1. The highest BCUT2D eigenvalue weighted by Crippen LogP contribution is 2.25. The molecule has 0 aliphatic carbocycles. The number of hydrogen-bond donors (Lipinski definition) is 0. The van der Waals surface area contributed by atoms with Gasteiger partial charge in [0.25, 0.3) is 0 Å². The fourth-order valence-electron chi connectivity index (χ4n) is 1.87. The van der Waals surface area contributed by atoms with E-state index >= 15 is 0 Å². The molecule has 0 radical (unpaired) electrons. The fraction of sp³-hybridized carbons (Fsp3) is 0.267. The van der Waals surface area contributed by atoms with E-state index in [9.17, 15) is 0 Å². The molecule has 0 aliphatic heterocycles. The van der Waals surface area contributed by atoms with E-state index in [1.54, 1.807) is 0 Å². The largest absolute Gasteiger partial charge is 0.357 e. The Bertz CT molecular complexity index is 631. The molecule has 1 aromatic heterocycles. The third-order valence-electron chi connectivity index (χ3n) is 3.08. The van der Waals surface area contributed by atoms with E-state index in [0.29, 0.717) is 13.0 Å². The van der Waals surface area contributed by atoms with Gasteiger partial charge in [-0.25, -0.2) is 0 Å². The molecule has 0 bridgehead atoms. The smallest absolute Gasteiger partial charge is 0.151 e. The van der Waals surface area contributed by atoms with E-state index in [0.717, 1.165) is 27.1 Å². The summed E-state index contributed by atoms with van der Waals surface area (Å²) in [6.07, 6.45) is 0.477. The Balaban J connectivity index is 2.24. The van der Waals surface area contributed by atoms with Gasteiger partial charge in [0, 0.05) is 23.6 Å². The van der Waals surface area contributed by atoms with Gasteiger partial charge in [0.05, 0.1) is 18.2 Å². The minimum absolute atomic E-state index is 0.477. The second-order valence-corrected chi connectivity index (χ2v) is 5.48. The van der Waals surface area contributed by atoms with Gasteiger partial charge in [0.15, 0.2) is 5.82 Å². The molecular formula is C15H15BrN4. The Morgan fingerprint density at radius 1 is 1.25 bits per heavy atom. The molecule has 2 aromatic rings. The zero-order valence-corrected chi connectivity index (χ0v) is 13.1. The maximum atomic E-state index is 8.59. The highest BCUT2D eigenvalue weighted by atomic mass is 79.9. The minimum atomic E-state index is 0.477. The van der Waals surface area contributed by atoms with Gasteiger partial charge in [-0.05, 0) is 36.8 Å². The van der Waals surface area contributed by atoms with Crippen LogP contribution in [-0.4, -0.2) is 23.8 Å². The maximum absolute atomic E-state index is 8.59. The van der Waals surface area contributed by atoms with Crippen molar-refractivity contribution in [3.8, 4) is 17.3 Å². The van der Waals surface area contributed by atoms with Gasteiger partial charge in [-0.2, -0.15) is 5.26 Å². The highest BCUT2D eigenvalue weighted by molar-refractivity contribution is 9.10. The van der Waals surface area contributed by atoms with Gasteiger partial charge >= 0.3 is 0 Å². The summed E-state index contributed by atoms with van der Waals surface area (Å²) >= 11 is 3.47. The van der Waals surface area contributed by atoms with E-state index in [2.05, 4.69) is 39.1 Å². The number of nitriles is 1. The molecule has 0 fully saturated rings. The number of halogens is 1. The third kappa shape index (κ3) is 3.34. The second kappa shape index (κ2) is 6.49. The average Bonchev–Trinajstić information content (AvgIpc) is 2.47. The Labute approximate surface area is 127 Å². The molecule has 2 rings (SSSR count). The van der Waals surface area contributed by atoms with Crippen LogP contribution in [0.15, 0.2) is 34.8 Å². The monoisotopic (exact) mass is 330 g/mol. The van der Waals surface area contributed by atoms with Crippen molar-refractivity contribution < 1.29 is 0 Å². The molecule has 0 saturated heterocycles. The molecule has 20 heavy (non-hydrogen) atoms. The first-order valence-electron chi connectivity index (χ1n) is 6.30. The van der Waals surface area contributed by atoms with E-state index in [1.165, 1.54) is 0 Å². The lowest BCUT2D eigenvalue weighted by Gasteiger charge is -2.15. The summed E-state index contributed by atoms with van der Waals surface area (Å²) < 4.78 is 1.02. The van der Waals surface area contributed by atoms with Gasteiger partial charge in [0.2, 0.25) is 0 Å². The normalized spacial score (nSPS) is 10.1. The van der Waals surface area contributed by atoms with Crippen LogP contribution in [0.5, 0.6) is 0 Å². The van der Waals surface area contributed by atoms with E-state index in [4.69, 9.17) is 5.26 Å². The lowest BCUT2D eigenvalue weighted by molar-refractivity contribution is 0.860. The van der Waals surface area contributed by atoms with Crippen molar-refractivity contribution in [2.75, 3.05) is 18.5 Å². The number of aryl methyl sites for hydroxylation is 1. The molecule has 0 spiro atoms. The molecule has 4 nitrogen and oxygen atoms in total. The van der Waals surface area contributed by atoms with E-state index in [1.807, 2.05) is 42.3 Å². The number of rotatable bonds is 4. The second-order valence-electron chi connectivity index (χ2n) is 4.57. The molecule has 0 atom stereocenters. The first kappa shape index (κ1) is 14.5. The summed E-state index contributed by atoms with van der Waals surface area (Å²) in [5, 5.41) is 17.1. The van der Waals surface area contributed by atoms with Crippen LogP contribution in [0.3, 0.4) is 0 Å². The molecular weight excluding hydrogens is 316 g/mol.